The summed E-state index contributed by atoms with van der Waals surface area (Å²) in [5.41, 5.74) is 0.802. The van der Waals surface area contributed by atoms with Crippen LogP contribution in [0, 0.1) is 11.3 Å². The number of hydrogen-bond donors (Lipinski definition) is 0. The summed E-state index contributed by atoms with van der Waals surface area (Å²) in [4.78, 5) is 0.0843. The fourth-order valence-corrected chi connectivity index (χ4v) is 3.84. The highest BCUT2D eigenvalue weighted by Gasteiger charge is 2.19. The lowest BCUT2D eigenvalue weighted by molar-refractivity contribution is 0.413. The van der Waals surface area contributed by atoms with Crippen LogP contribution in [0.4, 0.5) is 0 Å². The van der Waals surface area contributed by atoms with E-state index in [1.54, 1.807) is 24.3 Å². The van der Waals surface area contributed by atoms with Gasteiger partial charge in [-0.05, 0) is 29.8 Å². The molecule has 0 bridgehead atoms. The summed E-state index contributed by atoms with van der Waals surface area (Å²) in [6, 6.07) is 13.0. The molecule has 0 aliphatic heterocycles. The number of halogens is 1. The molecule has 0 amide bonds. The molecule has 21 heavy (non-hydrogen) atoms. The van der Waals surface area contributed by atoms with E-state index in [-0.39, 0.29) is 15.7 Å². The van der Waals surface area contributed by atoms with Gasteiger partial charge < -0.3 is 4.74 Å². The zero-order valence-electron chi connectivity index (χ0n) is 11.2. The minimum absolute atomic E-state index is 0.0843. The highest BCUT2D eigenvalue weighted by molar-refractivity contribution is 7.90. The van der Waals surface area contributed by atoms with Crippen LogP contribution in [0.5, 0.6) is 5.75 Å². The molecule has 2 aromatic carbocycles. The summed E-state index contributed by atoms with van der Waals surface area (Å²) in [6.45, 7) is 0. The maximum Gasteiger partial charge on any atom is 0.183 e. The van der Waals surface area contributed by atoms with E-state index < -0.39 is 9.84 Å². The van der Waals surface area contributed by atoms with Gasteiger partial charge in [-0.3, -0.25) is 0 Å². The Labute approximate surface area is 128 Å². The molecule has 0 aliphatic carbocycles. The van der Waals surface area contributed by atoms with E-state index in [2.05, 4.69) is 0 Å². The number of nitrogens with zero attached hydrogens (tertiary/aromatic N) is 1. The summed E-state index contributed by atoms with van der Waals surface area (Å²) in [5, 5.41) is 9.22. The second-order valence-corrected chi connectivity index (χ2v) is 6.70. The number of hydrogen-bond acceptors (Lipinski definition) is 4. The van der Waals surface area contributed by atoms with Crippen molar-refractivity contribution in [3.63, 3.8) is 0 Å². The van der Waals surface area contributed by atoms with Crippen molar-refractivity contribution in [2.24, 2.45) is 0 Å². The fraction of sp³-hybridized carbons (Fsp3) is 0.133. The molecule has 0 radical (unpaired) electrons. The number of ether oxygens (including phenoxy) is 1. The SMILES string of the molecule is COc1ccc(CS(=O)(=O)c2ccccc2Cl)cc1C#N. The van der Waals surface area contributed by atoms with E-state index in [4.69, 9.17) is 21.6 Å². The van der Waals surface area contributed by atoms with Crippen LogP contribution in [0.15, 0.2) is 47.4 Å². The lowest BCUT2D eigenvalue weighted by Gasteiger charge is -2.08. The normalized spacial score (nSPS) is 10.9. The molecule has 108 valence electrons. The number of sulfone groups is 1. The summed E-state index contributed by atoms with van der Waals surface area (Å²) in [7, 11) is -2.12. The van der Waals surface area contributed by atoms with Gasteiger partial charge in [0.2, 0.25) is 0 Å². The predicted molar refractivity (Wildman–Crippen MR) is 80.1 cm³/mol. The molecule has 0 aromatic heterocycles. The van der Waals surface area contributed by atoms with Gasteiger partial charge in [-0.25, -0.2) is 8.42 Å². The summed E-state index contributed by atoms with van der Waals surface area (Å²) >= 11 is 5.93. The predicted octanol–water partition coefficient (Wildman–Crippen LogP) is 3.19. The minimum Gasteiger partial charge on any atom is -0.495 e. The van der Waals surface area contributed by atoms with Crippen molar-refractivity contribution in [1.29, 1.82) is 5.26 Å². The van der Waals surface area contributed by atoms with Gasteiger partial charge in [0.15, 0.2) is 9.84 Å². The smallest absolute Gasteiger partial charge is 0.183 e. The molecule has 0 saturated carbocycles. The number of nitriles is 1. The first-order chi connectivity index (χ1) is 9.97. The van der Waals surface area contributed by atoms with Gasteiger partial charge in [0.25, 0.3) is 0 Å². The van der Waals surface area contributed by atoms with E-state index in [9.17, 15) is 8.42 Å². The van der Waals surface area contributed by atoms with Crippen LogP contribution < -0.4 is 4.74 Å². The van der Waals surface area contributed by atoms with Crippen molar-refractivity contribution >= 4 is 21.4 Å². The topological polar surface area (TPSA) is 67.2 Å². The lowest BCUT2D eigenvalue weighted by Crippen LogP contribution is -2.06. The first-order valence-electron chi connectivity index (χ1n) is 6.02. The summed E-state index contributed by atoms with van der Waals surface area (Å²) < 4.78 is 29.8. The quantitative estimate of drug-likeness (QED) is 0.867. The maximum atomic E-state index is 12.4. The first-order valence-corrected chi connectivity index (χ1v) is 8.05. The highest BCUT2D eigenvalue weighted by atomic mass is 35.5. The molecular weight excluding hydrogens is 310 g/mol. The Morgan fingerprint density at radius 1 is 1.24 bits per heavy atom. The number of rotatable bonds is 4. The second-order valence-electron chi connectivity index (χ2n) is 4.34. The average Bonchev–Trinajstić information content (AvgIpc) is 2.47. The van der Waals surface area contributed by atoms with E-state index >= 15 is 0 Å². The Kier molecular flexibility index (Phi) is 4.51. The lowest BCUT2D eigenvalue weighted by atomic mass is 10.1. The minimum atomic E-state index is -3.57. The fourth-order valence-electron chi connectivity index (χ4n) is 1.93. The molecule has 0 fully saturated rings. The molecule has 0 heterocycles. The second kappa shape index (κ2) is 6.17. The van der Waals surface area contributed by atoms with Gasteiger partial charge in [-0.1, -0.05) is 29.8 Å². The Morgan fingerprint density at radius 3 is 2.57 bits per heavy atom. The van der Waals surface area contributed by atoms with Crippen LogP contribution in [0.1, 0.15) is 11.1 Å². The third kappa shape index (κ3) is 3.35. The van der Waals surface area contributed by atoms with Gasteiger partial charge in [0.1, 0.15) is 11.8 Å². The first kappa shape index (κ1) is 15.4. The van der Waals surface area contributed by atoms with Crippen LogP contribution in [0.25, 0.3) is 0 Å². The van der Waals surface area contributed by atoms with Gasteiger partial charge in [0.05, 0.1) is 28.3 Å². The van der Waals surface area contributed by atoms with Crippen LogP contribution in [0.3, 0.4) is 0 Å². The van der Waals surface area contributed by atoms with Crippen molar-refractivity contribution in [2.45, 2.75) is 10.6 Å². The molecule has 6 heteroatoms. The summed E-state index contributed by atoms with van der Waals surface area (Å²) in [5.74, 6) is 0.187. The van der Waals surface area contributed by atoms with Crippen molar-refractivity contribution in [1.82, 2.24) is 0 Å². The van der Waals surface area contributed by atoms with E-state index in [1.165, 1.54) is 25.3 Å². The van der Waals surface area contributed by atoms with Crippen molar-refractivity contribution < 1.29 is 13.2 Å². The molecular formula is C15H12ClNO3S. The van der Waals surface area contributed by atoms with Crippen molar-refractivity contribution in [3.8, 4) is 11.8 Å². The zero-order valence-corrected chi connectivity index (χ0v) is 12.8. The van der Waals surface area contributed by atoms with E-state index in [1.807, 2.05) is 6.07 Å². The molecule has 0 atom stereocenters. The Morgan fingerprint density at radius 2 is 1.95 bits per heavy atom. The molecule has 0 unspecified atom stereocenters. The molecule has 0 aliphatic rings. The molecule has 2 aromatic rings. The molecule has 4 nitrogen and oxygen atoms in total. The van der Waals surface area contributed by atoms with E-state index in [0.29, 0.717) is 16.9 Å². The molecule has 0 saturated heterocycles. The number of methoxy groups -OCH3 is 1. The van der Waals surface area contributed by atoms with Crippen molar-refractivity contribution in [2.75, 3.05) is 7.11 Å². The van der Waals surface area contributed by atoms with Crippen LogP contribution >= 0.6 is 11.6 Å². The largest absolute Gasteiger partial charge is 0.495 e. The Hall–Kier alpha value is -2.03. The standard InChI is InChI=1S/C15H12ClNO3S/c1-20-14-7-6-11(8-12(14)9-17)10-21(18,19)15-5-3-2-4-13(15)16/h2-8H,10H2,1H3. The van der Waals surface area contributed by atoms with Gasteiger partial charge in [0, 0.05) is 0 Å². The third-order valence-electron chi connectivity index (χ3n) is 2.91. The van der Waals surface area contributed by atoms with Crippen molar-refractivity contribution in [3.05, 3.63) is 58.6 Å². The van der Waals surface area contributed by atoms with Crippen LogP contribution in [0.2, 0.25) is 5.02 Å². The van der Waals surface area contributed by atoms with Crippen LogP contribution in [-0.4, -0.2) is 15.5 Å². The highest BCUT2D eigenvalue weighted by Crippen LogP contribution is 2.26. The zero-order chi connectivity index (χ0) is 15.5. The Bertz CT molecular complexity index is 810. The molecule has 0 N–H and O–H groups in total. The monoisotopic (exact) mass is 321 g/mol. The maximum absolute atomic E-state index is 12.4. The van der Waals surface area contributed by atoms with Gasteiger partial charge in [-0.15, -0.1) is 0 Å². The van der Waals surface area contributed by atoms with E-state index in [0.717, 1.165) is 0 Å². The molecule has 0 spiro atoms. The summed E-state index contributed by atoms with van der Waals surface area (Å²) in [6.07, 6.45) is 0. The third-order valence-corrected chi connectivity index (χ3v) is 5.09. The van der Waals surface area contributed by atoms with Crippen LogP contribution in [-0.2, 0) is 15.6 Å². The number of benzene rings is 2. The van der Waals surface area contributed by atoms with Gasteiger partial charge in [-0.2, -0.15) is 5.26 Å². The Balaban J connectivity index is 2.38. The molecule has 2 rings (SSSR count). The average molecular weight is 322 g/mol. The van der Waals surface area contributed by atoms with Gasteiger partial charge >= 0.3 is 0 Å².